The van der Waals surface area contributed by atoms with Gasteiger partial charge in [0.05, 0.1) is 30.5 Å². The van der Waals surface area contributed by atoms with Gasteiger partial charge in [-0.2, -0.15) is 0 Å². The van der Waals surface area contributed by atoms with Crippen LogP contribution < -0.4 is 14.8 Å². The standard InChI is InChI=1S/C19H20ClNO5/c1-11-5-12(2)7-13(6-11)19(23)26-10-18(22)21-15-8-14(20)16(24-3)9-17(15)25-4/h5-9H,10H2,1-4H3,(H,21,22). The zero-order valence-corrected chi connectivity index (χ0v) is 15.8. The Morgan fingerprint density at radius 3 is 2.15 bits per heavy atom. The summed E-state index contributed by atoms with van der Waals surface area (Å²) < 4.78 is 15.4. The Hall–Kier alpha value is -2.73. The number of carbonyl (C=O) groups is 2. The maximum atomic E-state index is 12.1. The van der Waals surface area contributed by atoms with Crippen molar-refractivity contribution in [3.05, 3.63) is 52.0 Å². The molecule has 1 amide bonds. The molecule has 0 unspecified atom stereocenters. The normalized spacial score (nSPS) is 10.2. The monoisotopic (exact) mass is 377 g/mol. The van der Waals surface area contributed by atoms with Crippen LogP contribution in [0.5, 0.6) is 11.5 Å². The van der Waals surface area contributed by atoms with E-state index in [1.165, 1.54) is 20.3 Å². The van der Waals surface area contributed by atoms with Gasteiger partial charge in [0.15, 0.2) is 6.61 Å². The molecule has 0 atom stereocenters. The van der Waals surface area contributed by atoms with Crippen molar-refractivity contribution in [1.29, 1.82) is 0 Å². The Kier molecular flexibility index (Phi) is 6.46. The predicted octanol–water partition coefficient (Wildman–Crippen LogP) is 3.77. The van der Waals surface area contributed by atoms with Crippen molar-refractivity contribution in [3.63, 3.8) is 0 Å². The van der Waals surface area contributed by atoms with E-state index in [0.29, 0.717) is 27.8 Å². The molecule has 1 N–H and O–H groups in total. The van der Waals surface area contributed by atoms with Gasteiger partial charge in [-0.3, -0.25) is 4.79 Å². The summed E-state index contributed by atoms with van der Waals surface area (Å²) in [5, 5.41) is 2.92. The van der Waals surface area contributed by atoms with Gasteiger partial charge in [0.2, 0.25) is 0 Å². The molecule has 2 aromatic carbocycles. The van der Waals surface area contributed by atoms with Crippen LogP contribution in [0.15, 0.2) is 30.3 Å². The van der Waals surface area contributed by atoms with Crippen LogP contribution in [-0.4, -0.2) is 32.7 Å². The molecule has 0 radical (unpaired) electrons. The van der Waals surface area contributed by atoms with Crippen molar-refractivity contribution in [2.45, 2.75) is 13.8 Å². The first-order chi connectivity index (χ1) is 12.3. The van der Waals surface area contributed by atoms with Crippen molar-refractivity contribution in [3.8, 4) is 11.5 Å². The SMILES string of the molecule is COc1cc(OC)c(NC(=O)COC(=O)c2cc(C)cc(C)c2)cc1Cl. The van der Waals surface area contributed by atoms with Gasteiger partial charge in [-0.05, 0) is 32.0 Å². The van der Waals surface area contributed by atoms with E-state index < -0.39 is 18.5 Å². The Balaban J connectivity index is 2.03. The van der Waals surface area contributed by atoms with E-state index in [1.807, 2.05) is 19.9 Å². The molecular weight excluding hydrogens is 358 g/mol. The maximum Gasteiger partial charge on any atom is 0.338 e. The van der Waals surface area contributed by atoms with E-state index in [4.69, 9.17) is 25.8 Å². The van der Waals surface area contributed by atoms with Crippen LogP contribution in [-0.2, 0) is 9.53 Å². The predicted molar refractivity (Wildman–Crippen MR) is 99.4 cm³/mol. The molecule has 0 fully saturated rings. The summed E-state index contributed by atoms with van der Waals surface area (Å²) in [6.45, 7) is 3.34. The fourth-order valence-electron chi connectivity index (χ4n) is 2.45. The van der Waals surface area contributed by atoms with Crippen LogP contribution in [0.2, 0.25) is 5.02 Å². The molecule has 6 nitrogen and oxygen atoms in total. The number of aryl methyl sites for hydroxylation is 2. The highest BCUT2D eigenvalue weighted by atomic mass is 35.5. The smallest absolute Gasteiger partial charge is 0.338 e. The van der Waals surface area contributed by atoms with Crippen LogP contribution in [0.1, 0.15) is 21.5 Å². The molecule has 0 aliphatic heterocycles. The van der Waals surface area contributed by atoms with Crippen LogP contribution in [0.3, 0.4) is 0 Å². The number of anilines is 1. The minimum absolute atomic E-state index is 0.316. The highest BCUT2D eigenvalue weighted by Gasteiger charge is 2.15. The van der Waals surface area contributed by atoms with Crippen molar-refractivity contribution in [2.75, 3.05) is 26.1 Å². The molecule has 2 aromatic rings. The molecule has 0 aliphatic carbocycles. The van der Waals surface area contributed by atoms with E-state index in [2.05, 4.69) is 5.32 Å². The van der Waals surface area contributed by atoms with Gasteiger partial charge in [-0.1, -0.05) is 28.8 Å². The van der Waals surface area contributed by atoms with Gasteiger partial charge in [0.1, 0.15) is 11.5 Å². The number of amides is 1. The first-order valence-electron chi connectivity index (χ1n) is 7.81. The molecule has 138 valence electrons. The number of nitrogens with one attached hydrogen (secondary N) is 1. The van der Waals surface area contributed by atoms with Crippen LogP contribution in [0.25, 0.3) is 0 Å². The van der Waals surface area contributed by atoms with E-state index in [9.17, 15) is 9.59 Å². The minimum Gasteiger partial charge on any atom is -0.495 e. The molecule has 0 saturated carbocycles. The number of halogens is 1. The largest absolute Gasteiger partial charge is 0.495 e. The summed E-state index contributed by atoms with van der Waals surface area (Å²) in [7, 11) is 2.93. The number of carbonyl (C=O) groups excluding carboxylic acids is 2. The topological polar surface area (TPSA) is 73.9 Å². The molecule has 7 heteroatoms. The first-order valence-corrected chi connectivity index (χ1v) is 8.18. The number of methoxy groups -OCH3 is 2. The van der Waals surface area contributed by atoms with E-state index >= 15 is 0 Å². The summed E-state index contributed by atoms with van der Waals surface area (Å²) in [5.74, 6) is -0.281. The lowest BCUT2D eigenvalue weighted by atomic mass is 10.1. The van der Waals surface area contributed by atoms with Gasteiger partial charge >= 0.3 is 5.97 Å². The van der Waals surface area contributed by atoms with Crippen LogP contribution in [0.4, 0.5) is 5.69 Å². The molecular formula is C19H20ClNO5. The fourth-order valence-corrected chi connectivity index (χ4v) is 2.69. The number of hydrogen-bond acceptors (Lipinski definition) is 5. The second-order valence-corrected chi connectivity index (χ2v) is 6.09. The van der Waals surface area contributed by atoms with Gasteiger partial charge in [-0.25, -0.2) is 4.79 Å². The van der Waals surface area contributed by atoms with Gasteiger partial charge < -0.3 is 19.5 Å². The van der Waals surface area contributed by atoms with Crippen LogP contribution >= 0.6 is 11.6 Å². The maximum absolute atomic E-state index is 12.1. The Morgan fingerprint density at radius 1 is 0.962 bits per heavy atom. The third kappa shape index (κ3) is 4.89. The minimum atomic E-state index is -0.563. The van der Waals surface area contributed by atoms with Crippen LogP contribution in [0, 0.1) is 13.8 Å². The third-order valence-electron chi connectivity index (χ3n) is 3.54. The molecule has 0 aromatic heterocycles. The van der Waals surface area contributed by atoms with Crippen molar-refractivity contribution in [2.24, 2.45) is 0 Å². The third-order valence-corrected chi connectivity index (χ3v) is 3.84. The molecule has 26 heavy (non-hydrogen) atoms. The lowest BCUT2D eigenvalue weighted by Crippen LogP contribution is -2.21. The first kappa shape index (κ1) is 19.6. The lowest BCUT2D eigenvalue weighted by molar-refractivity contribution is -0.119. The Morgan fingerprint density at radius 2 is 1.58 bits per heavy atom. The second kappa shape index (κ2) is 8.58. The Bertz CT molecular complexity index is 815. The van der Waals surface area contributed by atoms with Crippen molar-refractivity contribution < 1.29 is 23.8 Å². The molecule has 2 rings (SSSR count). The van der Waals surface area contributed by atoms with E-state index in [1.54, 1.807) is 18.2 Å². The highest BCUT2D eigenvalue weighted by Crippen LogP contribution is 2.35. The number of rotatable bonds is 6. The summed E-state index contributed by atoms with van der Waals surface area (Å²) >= 11 is 6.06. The quantitative estimate of drug-likeness (QED) is 0.776. The molecule has 0 heterocycles. The van der Waals surface area contributed by atoms with Crippen molar-refractivity contribution >= 4 is 29.2 Å². The number of esters is 1. The van der Waals surface area contributed by atoms with E-state index in [0.717, 1.165) is 11.1 Å². The van der Waals surface area contributed by atoms with Crippen molar-refractivity contribution in [1.82, 2.24) is 0 Å². The number of hydrogen-bond donors (Lipinski definition) is 1. The average molecular weight is 378 g/mol. The number of ether oxygens (including phenoxy) is 3. The van der Waals surface area contributed by atoms with Gasteiger partial charge in [-0.15, -0.1) is 0 Å². The lowest BCUT2D eigenvalue weighted by Gasteiger charge is -2.13. The summed E-state index contributed by atoms with van der Waals surface area (Å²) in [6, 6.07) is 8.42. The zero-order chi connectivity index (χ0) is 19.3. The molecule has 0 spiro atoms. The summed E-state index contributed by atoms with van der Waals surface area (Å²) in [5.41, 5.74) is 2.64. The molecule has 0 aliphatic rings. The Labute approximate surface area is 157 Å². The highest BCUT2D eigenvalue weighted by molar-refractivity contribution is 6.32. The second-order valence-electron chi connectivity index (χ2n) is 5.69. The average Bonchev–Trinajstić information content (AvgIpc) is 2.59. The molecule has 0 bridgehead atoms. The fraction of sp³-hybridized carbons (Fsp3) is 0.263. The van der Waals surface area contributed by atoms with Gasteiger partial charge in [0.25, 0.3) is 5.91 Å². The zero-order valence-electron chi connectivity index (χ0n) is 15.0. The summed E-state index contributed by atoms with van der Waals surface area (Å²) in [6.07, 6.45) is 0. The molecule has 0 saturated heterocycles. The number of benzene rings is 2. The summed E-state index contributed by atoms with van der Waals surface area (Å²) in [4.78, 5) is 24.2. The van der Waals surface area contributed by atoms with Gasteiger partial charge in [0, 0.05) is 6.07 Å². The van der Waals surface area contributed by atoms with E-state index in [-0.39, 0.29) is 0 Å².